The molecule has 0 atom stereocenters. The van der Waals surface area contributed by atoms with E-state index in [1.54, 1.807) is 7.05 Å². The van der Waals surface area contributed by atoms with Crippen molar-refractivity contribution in [1.82, 2.24) is 20.9 Å². The fraction of sp³-hybridized carbons (Fsp3) is 0.619. The average Bonchev–Trinajstić information content (AvgIpc) is 2.65. The van der Waals surface area contributed by atoms with E-state index in [9.17, 15) is 4.79 Å². The second kappa shape index (κ2) is 12.9. The molecule has 0 unspecified atom stereocenters. The van der Waals surface area contributed by atoms with Crippen molar-refractivity contribution >= 4 is 36.0 Å². The highest BCUT2D eigenvalue weighted by molar-refractivity contribution is 14.0. The summed E-state index contributed by atoms with van der Waals surface area (Å²) in [5, 5.41) is 9.24. The molecule has 1 heterocycles. The molecule has 0 spiro atoms. The molecule has 1 aliphatic heterocycles. The van der Waals surface area contributed by atoms with Gasteiger partial charge in [0.05, 0.1) is 0 Å². The maximum absolute atomic E-state index is 11.6. The molecule has 1 aromatic rings. The second-order valence-corrected chi connectivity index (χ2v) is 8.00. The lowest BCUT2D eigenvalue weighted by Crippen LogP contribution is -2.43. The third-order valence-electron chi connectivity index (χ3n) is 4.46. The summed E-state index contributed by atoms with van der Waals surface area (Å²) in [4.78, 5) is 18.3. The van der Waals surface area contributed by atoms with Crippen molar-refractivity contribution < 1.29 is 9.53 Å². The first-order valence-electron chi connectivity index (χ1n) is 10.1. The maximum Gasteiger partial charge on any atom is 0.407 e. The van der Waals surface area contributed by atoms with Crippen LogP contribution < -0.4 is 16.0 Å². The molecule has 8 heteroatoms. The molecule has 0 radical (unpaired) electrons. The van der Waals surface area contributed by atoms with Crippen molar-refractivity contribution in [3.8, 4) is 0 Å². The van der Waals surface area contributed by atoms with E-state index in [-0.39, 0.29) is 24.0 Å². The number of halogens is 1. The molecule has 7 nitrogen and oxygen atoms in total. The molecular weight excluding hydrogens is 481 g/mol. The van der Waals surface area contributed by atoms with Crippen molar-refractivity contribution in [1.29, 1.82) is 0 Å². The number of fused-ring (bicyclic) bond motifs is 1. The quantitative estimate of drug-likeness (QED) is 0.225. The number of ether oxygens (including phenoxy) is 1. The lowest BCUT2D eigenvalue weighted by molar-refractivity contribution is 0.0529. The minimum absolute atomic E-state index is 0. The summed E-state index contributed by atoms with van der Waals surface area (Å²) in [5.41, 5.74) is 2.46. The third-order valence-corrected chi connectivity index (χ3v) is 4.46. The summed E-state index contributed by atoms with van der Waals surface area (Å²) in [6.45, 7) is 10.7. The molecular formula is C21H36IN5O2. The number of benzene rings is 1. The number of carbonyl (C=O) groups excluding carboxylic acids is 1. The Labute approximate surface area is 192 Å². The number of aliphatic imine (C=N–C) groups is 1. The zero-order valence-electron chi connectivity index (χ0n) is 18.1. The molecule has 29 heavy (non-hydrogen) atoms. The number of hydrogen-bond donors (Lipinski definition) is 3. The first kappa shape index (κ1) is 25.5. The number of guanidine groups is 1. The van der Waals surface area contributed by atoms with E-state index >= 15 is 0 Å². The van der Waals surface area contributed by atoms with Crippen molar-refractivity contribution in [2.45, 2.75) is 45.8 Å². The number of alkyl carbamates (subject to hydrolysis) is 1. The van der Waals surface area contributed by atoms with Gasteiger partial charge in [0.15, 0.2) is 5.96 Å². The molecule has 0 saturated carbocycles. The average molecular weight is 517 g/mol. The molecule has 3 N–H and O–H groups in total. The van der Waals surface area contributed by atoms with Gasteiger partial charge in [0.2, 0.25) is 0 Å². The highest BCUT2D eigenvalue weighted by Crippen LogP contribution is 2.18. The van der Waals surface area contributed by atoms with E-state index in [4.69, 9.17) is 4.74 Å². The Morgan fingerprint density at radius 1 is 1.10 bits per heavy atom. The first-order chi connectivity index (χ1) is 13.4. The summed E-state index contributed by atoms with van der Waals surface area (Å²) in [6.07, 6.45) is 1.79. The molecule has 0 aliphatic carbocycles. The van der Waals surface area contributed by atoms with Gasteiger partial charge < -0.3 is 20.7 Å². The van der Waals surface area contributed by atoms with E-state index in [1.807, 2.05) is 20.8 Å². The Morgan fingerprint density at radius 3 is 2.45 bits per heavy atom. The van der Waals surface area contributed by atoms with Gasteiger partial charge in [-0.2, -0.15) is 0 Å². The van der Waals surface area contributed by atoms with E-state index in [0.717, 1.165) is 45.0 Å². The zero-order chi connectivity index (χ0) is 20.4. The Bertz CT molecular complexity index is 661. The Balaban J connectivity index is 0.00000420. The molecule has 1 amide bonds. The van der Waals surface area contributed by atoms with E-state index in [2.05, 4.69) is 50.1 Å². The normalized spacial score (nSPS) is 14.4. The van der Waals surface area contributed by atoms with E-state index < -0.39 is 11.7 Å². The highest BCUT2D eigenvalue weighted by Gasteiger charge is 2.16. The summed E-state index contributed by atoms with van der Waals surface area (Å²) in [7, 11) is 1.75. The Hall–Kier alpha value is -1.55. The molecule has 0 fully saturated rings. The van der Waals surface area contributed by atoms with Gasteiger partial charge >= 0.3 is 6.09 Å². The van der Waals surface area contributed by atoms with Gasteiger partial charge in [-0.05, 0) is 44.7 Å². The van der Waals surface area contributed by atoms with Gasteiger partial charge in [0.1, 0.15) is 5.60 Å². The van der Waals surface area contributed by atoms with Crippen LogP contribution in [-0.4, -0.2) is 62.3 Å². The van der Waals surface area contributed by atoms with Gasteiger partial charge in [-0.1, -0.05) is 24.3 Å². The zero-order valence-corrected chi connectivity index (χ0v) is 20.4. The van der Waals surface area contributed by atoms with Crippen LogP contribution in [0.1, 0.15) is 38.3 Å². The molecule has 0 bridgehead atoms. The van der Waals surface area contributed by atoms with Crippen molar-refractivity contribution in [2.24, 2.45) is 4.99 Å². The van der Waals surface area contributed by atoms with Crippen LogP contribution in [0.25, 0.3) is 0 Å². The standard InChI is InChI=1S/C21H35N5O2.HI/c1-21(2,3)28-20(27)25-13-12-24-19(22-4)23-11-7-14-26-15-10-17-8-5-6-9-18(17)16-26;/h5-6,8-9H,7,10-16H2,1-4H3,(H,25,27)(H2,22,23,24);1H. The number of rotatable bonds is 7. The molecule has 0 saturated heterocycles. The van der Waals surface area contributed by atoms with Crippen LogP contribution in [0.3, 0.4) is 0 Å². The van der Waals surface area contributed by atoms with E-state index in [1.165, 1.54) is 11.1 Å². The van der Waals surface area contributed by atoms with Gasteiger partial charge in [-0.25, -0.2) is 4.79 Å². The smallest absolute Gasteiger partial charge is 0.407 e. The van der Waals surface area contributed by atoms with Gasteiger partial charge in [0.25, 0.3) is 0 Å². The minimum atomic E-state index is -0.481. The first-order valence-corrected chi connectivity index (χ1v) is 10.1. The van der Waals surface area contributed by atoms with Crippen molar-refractivity contribution in [3.63, 3.8) is 0 Å². The predicted octanol–water partition coefficient (Wildman–Crippen LogP) is 2.74. The van der Waals surface area contributed by atoms with Crippen LogP contribution in [0.4, 0.5) is 4.79 Å². The minimum Gasteiger partial charge on any atom is -0.444 e. The molecule has 2 rings (SSSR count). The highest BCUT2D eigenvalue weighted by atomic mass is 127. The van der Waals surface area contributed by atoms with Crippen LogP contribution in [0.15, 0.2) is 29.3 Å². The summed E-state index contributed by atoms with van der Waals surface area (Å²) >= 11 is 0. The van der Waals surface area contributed by atoms with Crippen LogP contribution in [0.2, 0.25) is 0 Å². The number of amides is 1. The lowest BCUT2D eigenvalue weighted by atomic mass is 10.00. The SMILES string of the molecule is CN=C(NCCCN1CCc2ccccc2C1)NCCNC(=O)OC(C)(C)C.I. The molecule has 1 aliphatic rings. The summed E-state index contributed by atoms with van der Waals surface area (Å²) < 4.78 is 5.20. The van der Waals surface area contributed by atoms with Crippen molar-refractivity contribution in [3.05, 3.63) is 35.4 Å². The van der Waals surface area contributed by atoms with Gasteiger partial charge in [-0.3, -0.25) is 9.89 Å². The Kier molecular flexibility index (Phi) is 11.3. The summed E-state index contributed by atoms with van der Waals surface area (Å²) in [6, 6.07) is 8.72. The molecule has 164 valence electrons. The fourth-order valence-electron chi connectivity index (χ4n) is 3.13. The van der Waals surface area contributed by atoms with Crippen molar-refractivity contribution in [2.75, 3.05) is 39.8 Å². The van der Waals surface area contributed by atoms with Crippen LogP contribution in [0, 0.1) is 0 Å². The third kappa shape index (κ3) is 10.2. The Morgan fingerprint density at radius 2 is 1.76 bits per heavy atom. The number of nitrogens with zero attached hydrogens (tertiary/aromatic N) is 2. The monoisotopic (exact) mass is 517 g/mol. The maximum atomic E-state index is 11.6. The second-order valence-electron chi connectivity index (χ2n) is 8.00. The van der Waals surface area contributed by atoms with Crippen LogP contribution >= 0.6 is 24.0 Å². The summed E-state index contributed by atoms with van der Waals surface area (Å²) in [5.74, 6) is 0.745. The number of hydrogen-bond acceptors (Lipinski definition) is 4. The van der Waals surface area contributed by atoms with Gasteiger partial charge in [-0.15, -0.1) is 24.0 Å². The van der Waals surface area contributed by atoms with Crippen LogP contribution in [-0.2, 0) is 17.7 Å². The van der Waals surface area contributed by atoms with Gasteiger partial charge in [0, 0.05) is 46.3 Å². The van der Waals surface area contributed by atoms with Crippen LogP contribution in [0.5, 0.6) is 0 Å². The fourth-order valence-corrected chi connectivity index (χ4v) is 3.13. The predicted molar refractivity (Wildman–Crippen MR) is 129 cm³/mol. The largest absolute Gasteiger partial charge is 0.444 e. The topological polar surface area (TPSA) is 78.0 Å². The molecule has 1 aromatic carbocycles. The molecule has 0 aromatic heterocycles. The lowest BCUT2D eigenvalue weighted by Gasteiger charge is -2.28. The number of nitrogens with one attached hydrogen (secondary N) is 3. The van der Waals surface area contributed by atoms with E-state index in [0.29, 0.717) is 13.1 Å². The number of carbonyl (C=O) groups is 1.